The minimum Gasteiger partial charge on any atom is -0.353 e. The zero-order chi connectivity index (χ0) is 10.3. The van der Waals surface area contributed by atoms with Crippen molar-refractivity contribution in [2.75, 3.05) is 0 Å². The van der Waals surface area contributed by atoms with Gasteiger partial charge in [0.1, 0.15) is 0 Å². The van der Waals surface area contributed by atoms with Crippen molar-refractivity contribution in [1.82, 2.24) is 5.32 Å². The van der Waals surface area contributed by atoms with Gasteiger partial charge in [-0.05, 0) is 25.2 Å². The van der Waals surface area contributed by atoms with Crippen LogP contribution in [0, 0.1) is 10.8 Å². The molecule has 1 rings (SSSR count). The van der Waals surface area contributed by atoms with E-state index in [1.54, 1.807) is 0 Å². The van der Waals surface area contributed by atoms with Gasteiger partial charge in [0, 0.05) is 11.5 Å². The first-order valence-electron chi connectivity index (χ1n) is 5.07. The first kappa shape index (κ1) is 10.6. The largest absolute Gasteiger partial charge is 0.353 e. The Kier molecular flexibility index (Phi) is 2.44. The van der Waals surface area contributed by atoms with E-state index in [0.29, 0.717) is 0 Å². The Morgan fingerprint density at radius 1 is 1.38 bits per heavy atom. The molecule has 76 valence electrons. The lowest BCUT2D eigenvalue weighted by Gasteiger charge is -2.29. The summed E-state index contributed by atoms with van der Waals surface area (Å²) in [5, 5.41) is 3.08. The summed E-state index contributed by atoms with van der Waals surface area (Å²) >= 11 is 0. The summed E-state index contributed by atoms with van der Waals surface area (Å²) in [6.07, 6.45) is 2.10. The van der Waals surface area contributed by atoms with Crippen molar-refractivity contribution in [3.8, 4) is 0 Å². The van der Waals surface area contributed by atoms with Gasteiger partial charge in [0.15, 0.2) is 0 Å². The van der Waals surface area contributed by atoms with Gasteiger partial charge in [0.25, 0.3) is 0 Å². The highest BCUT2D eigenvalue weighted by Gasteiger charge is 2.45. The summed E-state index contributed by atoms with van der Waals surface area (Å²) < 4.78 is 0. The molecule has 1 amide bonds. The molecule has 0 aromatic heterocycles. The van der Waals surface area contributed by atoms with Crippen LogP contribution in [-0.2, 0) is 4.79 Å². The van der Waals surface area contributed by atoms with E-state index in [9.17, 15) is 4.79 Å². The fourth-order valence-electron chi connectivity index (χ4n) is 1.00. The van der Waals surface area contributed by atoms with Crippen LogP contribution < -0.4 is 5.32 Å². The van der Waals surface area contributed by atoms with Crippen LogP contribution in [0.15, 0.2) is 0 Å². The zero-order valence-corrected chi connectivity index (χ0v) is 9.40. The second kappa shape index (κ2) is 3.00. The van der Waals surface area contributed by atoms with E-state index in [4.69, 9.17) is 0 Å². The van der Waals surface area contributed by atoms with E-state index < -0.39 is 0 Å². The maximum atomic E-state index is 11.7. The maximum Gasteiger partial charge on any atom is 0.226 e. The standard InChI is InChI=1S/C11H21NO/c1-8(10(2,3)4)12-9(13)11(5)6-7-11/h8H,6-7H2,1-5H3,(H,12,13). The third kappa shape index (κ3) is 2.45. The molecule has 0 aromatic rings. The number of hydrogen-bond donors (Lipinski definition) is 1. The lowest BCUT2D eigenvalue weighted by atomic mass is 9.87. The molecule has 0 radical (unpaired) electrons. The van der Waals surface area contributed by atoms with Crippen molar-refractivity contribution < 1.29 is 4.79 Å². The second-order valence-corrected chi connectivity index (χ2v) is 5.62. The molecule has 1 atom stereocenters. The molecular weight excluding hydrogens is 162 g/mol. The number of carbonyl (C=O) groups excluding carboxylic acids is 1. The quantitative estimate of drug-likeness (QED) is 0.699. The van der Waals surface area contributed by atoms with Crippen LogP contribution >= 0.6 is 0 Å². The predicted octanol–water partition coefficient (Wildman–Crippen LogP) is 2.34. The van der Waals surface area contributed by atoms with E-state index in [0.717, 1.165) is 12.8 Å². The number of nitrogens with one attached hydrogen (secondary N) is 1. The van der Waals surface area contributed by atoms with Gasteiger partial charge in [-0.25, -0.2) is 0 Å². The molecule has 1 aliphatic rings. The Morgan fingerprint density at radius 3 is 2.15 bits per heavy atom. The van der Waals surface area contributed by atoms with Gasteiger partial charge in [-0.3, -0.25) is 4.79 Å². The molecular formula is C11H21NO. The van der Waals surface area contributed by atoms with Gasteiger partial charge in [0.2, 0.25) is 5.91 Å². The molecule has 2 heteroatoms. The van der Waals surface area contributed by atoms with Crippen LogP contribution in [0.4, 0.5) is 0 Å². The van der Waals surface area contributed by atoms with E-state index in [-0.39, 0.29) is 22.8 Å². The number of hydrogen-bond acceptors (Lipinski definition) is 1. The summed E-state index contributed by atoms with van der Waals surface area (Å²) in [5.74, 6) is 0.231. The van der Waals surface area contributed by atoms with Crippen LogP contribution in [-0.4, -0.2) is 11.9 Å². The normalized spacial score (nSPS) is 22.2. The van der Waals surface area contributed by atoms with Gasteiger partial charge >= 0.3 is 0 Å². The molecule has 2 nitrogen and oxygen atoms in total. The third-order valence-corrected chi connectivity index (χ3v) is 3.19. The average Bonchev–Trinajstić information content (AvgIpc) is 2.67. The summed E-state index contributed by atoms with van der Waals surface area (Å²) in [6, 6.07) is 0.248. The van der Waals surface area contributed by atoms with Gasteiger partial charge < -0.3 is 5.32 Å². The van der Waals surface area contributed by atoms with Crippen molar-refractivity contribution in [2.24, 2.45) is 10.8 Å². The van der Waals surface area contributed by atoms with Crippen LogP contribution in [0.5, 0.6) is 0 Å². The van der Waals surface area contributed by atoms with E-state index in [1.807, 2.05) is 6.92 Å². The van der Waals surface area contributed by atoms with Crippen molar-refractivity contribution in [3.63, 3.8) is 0 Å². The molecule has 1 aliphatic carbocycles. The smallest absolute Gasteiger partial charge is 0.226 e. The Morgan fingerprint density at radius 2 is 1.85 bits per heavy atom. The molecule has 1 fully saturated rings. The number of carbonyl (C=O) groups is 1. The zero-order valence-electron chi connectivity index (χ0n) is 9.40. The Balaban J connectivity index is 2.45. The first-order valence-corrected chi connectivity index (χ1v) is 5.07. The topological polar surface area (TPSA) is 29.1 Å². The van der Waals surface area contributed by atoms with Crippen LogP contribution in [0.1, 0.15) is 47.5 Å². The molecule has 13 heavy (non-hydrogen) atoms. The van der Waals surface area contributed by atoms with Crippen LogP contribution in [0.25, 0.3) is 0 Å². The highest BCUT2D eigenvalue weighted by atomic mass is 16.2. The minimum atomic E-state index is -0.0422. The highest BCUT2D eigenvalue weighted by molar-refractivity contribution is 5.85. The monoisotopic (exact) mass is 183 g/mol. The lowest BCUT2D eigenvalue weighted by molar-refractivity contribution is -0.127. The Hall–Kier alpha value is -0.530. The summed E-state index contributed by atoms with van der Waals surface area (Å²) in [5.41, 5.74) is 0.112. The summed E-state index contributed by atoms with van der Waals surface area (Å²) in [4.78, 5) is 11.7. The summed E-state index contributed by atoms with van der Waals surface area (Å²) in [6.45, 7) is 10.6. The number of rotatable bonds is 2. The van der Waals surface area contributed by atoms with Crippen LogP contribution in [0.2, 0.25) is 0 Å². The van der Waals surface area contributed by atoms with Gasteiger partial charge in [-0.1, -0.05) is 27.7 Å². The fourth-order valence-corrected chi connectivity index (χ4v) is 1.00. The van der Waals surface area contributed by atoms with Gasteiger partial charge in [-0.15, -0.1) is 0 Å². The molecule has 0 bridgehead atoms. The van der Waals surface area contributed by atoms with E-state index >= 15 is 0 Å². The lowest BCUT2D eigenvalue weighted by Crippen LogP contribution is -2.44. The van der Waals surface area contributed by atoms with Gasteiger partial charge in [0.05, 0.1) is 0 Å². The number of amides is 1. The molecule has 1 N–H and O–H groups in total. The first-order chi connectivity index (χ1) is 5.76. The van der Waals surface area contributed by atoms with E-state index in [1.165, 1.54) is 0 Å². The minimum absolute atomic E-state index is 0.0422. The predicted molar refractivity (Wildman–Crippen MR) is 54.4 cm³/mol. The van der Waals surface area contributed by atoms with Crippen molar-refractivity contribution in [3.05, 3.63) is 0 Å². The van der Waals surface area contributed by atoms with Crippen LogP contribution in [0.3, 0.4) is 0 Å². The molecule has 1 saturated carbocycles. The van der Waals surface area contributed by atoms with Crippen molar-refractivity contribution >= 4 is 5.91 Å². The van der Waals surface area contributed by atoms with Crippen molar-refractivity contribution in [1.29, 1.82) is 0 Å². The molecule has 0 spiro atoms. The fraction of sp³-hybridized carbons (Fsp3) is 0.909. The second-order valence-electron chi connectivity index (χ2n) is 5.62. The molecule has 0 aliphatic heterocycles. The Bertz CT molecular complexity index is 211. The van der Waals surface area contributed by atoms with Crippen molar-refractivity contribution in [2.45, 2.75) is 53.5 Å². The molecule has 0 heterocycles. The highest BCUT2D eigenvalue weighted by Crippen LogP contribution is 2.45. The molecule has 0 saturated heterocycles. The molecule has 1 unspecified atom stereocenters. The maximum absolute atomic E-state index is 11.7. The Labute approximate surface area is 81.1 Å². The van der Waals surface area contributed by atoms with E-state index in [2.05, 4.69) is 33.0 Å². The third-order valence-electron chi connectivity index (χ3n) is 3.19. The SMILES string of the molecule is CC(NC(=O)C1(C)CC1)C(C)(C)C. The molecule has 0 aromatic carbocycles. The summed E-state index contributed by atoms with van der Waals surface area (Å²) in [7, 11) is 0. The van der Waals surface area contributed by atoms with Gasteiger partial charge in [-0.2, -0.15) is 0 Å². The average molecular weight is 183 g/mol.